The molecule has 2 unspecified atom stereocenters. The second kappa shape index (κ2) is 5.90. The molecule has 152 valence electrons. The van der Waals surface area contributed by atoms with Crippen LogP contribution in [-0.2, 0) is 14.3 Å². The van der Waals surface area contributed by atoms with E-state index in [2.05, 4.69) is 6.07 Å². The standard InChI is InChI=1S/C24H24ClFO3/c1-22(2)21(27)24(23(3,4)29-22)20(28-24)18-11-14(7-9-16(18)13-5-6-13)17-10-8-15(25)12-19(17)26/h7-13,20H,5-6H2,1-4H3. The van der Waals surface area contributed by atoms with E-state index >= 15 is 0 Å². The summed E-state index contributed by atoms with van der Waals surface area (Å²) in [4.78, 5) is 13.2. The van der Waals surface area contributed by atoms with Crippen LogP contribution in [0.2, 0.25) is 5.02 Å². The lowest BCUT2D eigenvalue weighted by Gasteiger charge is -2.24. The molecule has 5 heteroatoms. The Bertz CT molecular complexity index is 1040. The van der Waals surface area contributed by atoms with Gasteiger partial charge in [0.2, 0.25) is 5.78 Å². The van der Waals surface area contributed by atoms with Gasteiger partial charge in [0.25, 0.3) is 0 Å². The molecule has 3 aliphatic rings. The SMILES string of the molecule is CC1(C)OC(C)(C)C2(OC2c2cc(-c3ccc(Cl)cc3F)ccc2C2CC2)C1=O. The second-order valence-electron chi connectivity index (χ2n) is 9.43. The maximum atomic E-state index is 14.5. The van der Waals surface area contributed by atoms with Gasteiger partial charge in [-0.2, -0.15) is 0 Å². The number of Topliss-reactive ketones (excluding diaryl/α,β-unsaturated/α-hetero) is 1. The maximum absolute atomic E-state index is 14.5. The van der Waals surface area contributed by atoms with E-state index in [1.807, 2.05) is 26.0 Å². The number of rotatable bonds is 3. The molecule has 2 saturated heterocycles. The first-order valence-corrected chi connectivity index (χ1v) is 10.5. The number of ether oxygens (including phenoxy) is 2. The topological polar surface area (TPSA) is 38.8 Å². The molecule has 3 nitrogen and oxygen atoms in total. The Balaban J connectivity index is 1.61. The maximum Gasteiger partial charge on any atom is 0.201 e. The molecule has 0 bridgehead atoms. The predicted octanol–water partition coefficient (Wildman–Crippen LogP) is 5.99. The summed E-state index contributed by atoms with van der Waals surface area (Å²) in [5.74, 6) is 0.0875. The summed E-state index contributed by atoms with van der Waals surface area (Å²) in [5, 5.41) is 0.364. The Labute approximate surface area is 175 Å². The van der Waals surface area contributed by atoms with Crippen LogP contribution in [-0.4, -0.2) is 22.6 Å². The van der Waals surface area contributed by atoms with Crippen LogP contribution in [0.5, 0.6) is 0 Å². The summed E-state index contributed by atoms with van der Waals surface area (Å²) in [6, 6.07) is 10.7. The molecular weight excluding hydrogens is 391 g/mol. The van der Waals surface area contributed by atoms with Gasteiger partial charge in [-0.25, -0.2) is 4.39 Å². The van der Waals surface area contributed by atoms with Crippen LogP contribution in [0.25, 0.3) is 11.1 Å². The number of halogens is 2. The van der Waals surface area contributed by atoms with E-state index in [9.17, 15) is 9.18 Å². The van der Waals surface area contributed by atoms with Crippen molar-refractivity contribution in [2.75, 3.05) is 0 Å². The zero-order chi connectivity index (χ0) is 20.8. The molecule has 3 fully saturated rings. The fourth-order valence-electron chi connectivity index (χ4n) is 5.00. The van der Waals surface area contributed by atoms with Crippen molar-refractivity contribution >= 4 is 17.4 Å². The van der Waals surface area contributed by atoms with Crippen molar-refractivity contribution in [3.8, 4) is 11.1 Å². The number of hydrogen-bond acceptors (Lipinski definition) is 3. The lowest BCUT2D eigenvalue weighted by Crippen LogP contribution is -2.41. The molecule has 1 spiro atoms. The Morgan fingerprint density at radius 1 is 1.03 bits per heavy atom. The fourth-order valence-corrected chi connectivity index (χ4v) is 5.16. The number of epoxide rings is 1. The average molecular weight is 415 g/mol. The van der Waals surface area contributed by atoms with Crippen molar-refractivity contribution in [2.45, 2.75) is 69.4 Å². The van der Waals surface area contributed by atoms with Gasteiger partial charge in [0.05, 0.1) is 0 Å². The quantitative estimate of drug-likeness (QED) is 0.579. The molecule has 2 atom stereocenters. The first-order valence-electron chi connectivity index (χ1n) is 10.1. The Kier molecular flexibility index (Phi) is 3.91. The minimum Gasteiger partial charge on any atom is -0.358 e. The highest BCUT2D eigenvalue weighted by Gasteiger charge is 2.79. The van der Waals surface area contributed by atoms with E-state index < -0.39 is 16.8 Å². The Hall–Kier alpha value is -1.75. The summed E-state index contributed by atoms with van der Waals surface area (Å²) in [7, 11) is 0. The third kappa shape index (κ3) is 2.73. The highest BCUT2D eigenvalue weighted by Crippen LogP contribution is 2.65. The predicted molar refractivity (Wildman–Crippen MR) is 110 cm³/mol. The molecule has 0 N–H and O–H groups in total. The highest BCUT2D eigenvalue weighted by molar-refractivity contribution is 6.30. The average Bonchev–Trinajstić information content (AvgIpc) is 3.52. The largest absolute Gasteiger partial charge is 0.358 e. The van der Waals surface area contributed by atoms with Gasteiger partial charge in [-0.05, 0) is 87.4 Å². The van der Waals surface area contributed by atoms with Gasteiger partial charge in [0, 0.05) is 10.6 Å². The number of carbonyl (C=O) groups excluding carboxylic acids is 1. The lowest BCUT2D eigenvalue weighted by molar-refractivity contribution is -0.132. The number of ketones is 1. The third-order valence-electron chi connectivity index (χ3n) is 6.53. The molecule has 1 saturated carbocycles. The summed E-state index contributed by atoms with van der Waals surface area (Å²) in [6.45, 7) is 7.43. The molecule has 1 aliphatic carbocycles. The molecule has 0 radical (unpaired) electrons. The molecule has 2 aliphatic heterocycles. The summed E-state index contributed by atoms with van der Waals surface area (Å²) < 4.78 is 26.8. The van der Waals surface area contributed by atoms with E-state index in [1.165, 1.54) is 11.6 Å². The zero-order valence-corrected chi connectivity index (χ0v) is 17.8. The van der Waals surface area contributed by atoms with Crippen molar-refractivity contribution in [3.63, 3.8) is 0 Å². The monoisotopic (exact) mass is 414 g/mol. The number of carbonyl (C=O) groups is 1. The molecule has 2 heterocycles. The van der Waals surface area contributed by atoms with Crippen LogP contribution in [0.15, 0.2) is 36.4 Å². The smallest absolute Gasteiger partial charge is 0.201 e. The van der Waals surface area contributed by atoms with Crippen LogP contribution in [0.4, 0.5) is 4.39 Å². The number of benzene rings is 2. The van der Waals surface area contributed by atoms with Crippen molar-refractivity contribution < 1.29 is 18.7 Å². The summed E-state index contributed by atoms with van der Waals surface area (Å²) in [5.41, 5.74) is 0.796. The fraction of sp³-hybridized carbons (Fsp3) is 0.458. The van der Waals surface area contributed by atoms with Crippen molar-refractivity contribution in [1.29, 1.82) is 0 Å². The van der Waals surface area contributed by atoms with Crippen molar-refractivity contribution in [3.05, 3.63) is 58.4 Å². The Morgan fingerprint density at radius 2 is 1.76 bits per heavy atom. The van der Waals surface area contributed by atoms with E-state index in [4.69, 9.17) is 21.1 Å². The first kappa shape index (κ1) is 19.2. The molecule has 2 aromatic rings. The van der Waals surface area contributed by atoms with Gasteiger partial charge >= 0.3 is 0 Å². The summed E-state index contributed by atoms with van der Waals surface area (Å²) >= 11 is 5.92. The van der Waals surface area contributed by atoms with Gasteiger partial charge in [-0.3, -0.25) is 4.79 Å². The lowest BCUT2D eigenvalue weighted by atomic mass is 9.79. The number of hydrogen-bond donors (Lipinski definition) is 0. The summed E-state index contributed by atoms with van der Waals surface area (Å²) in [6.07, 6.45) is 1.87. The minimum absolute atomic E-state index is 0.0233. The van der Waals surface area contributed by atoms with Crippen LogP contribution < -0.4 is 0 Å². The molecule has 0 aromatic heterocycles. The van der Waals surface area contributed by atoms with Gasteiger partial charge in [0.15, 0.2) is 5.60 Å². The normalized spacial score (nSPS) is 29.4. The Morgan fingerprint density at radius 3 is 2.34 bits per heavy atom. The van der Waals surface area contributed by atoms with E-state index in [0.29, 0.717) is 16.5 Å². The van der Waals surface area contributed by atoms with E-state index in [0.717, 1.165) is 24.0 Å². The molecule has 2 aromatic carbocycles. The van der Waals surface area contributed by atoms with Crippen molar-refractivity contribution in [1.82, 2.24) is 0 Å². The van der Waals surface area contributed by atoms with Gasteiger partial charge in [-0.1, -0.05) is 23.7 Å². The van der Waals surface area contributed by atoms with Crippen LogP contribution in [0.1, 0.15) is 63.7 Å². The third-order valence-corrected chi connectivity index (χ3v) is 6.77. The van der Waals surface area contributed by atoms with Gasteiger partial charge < -0.3 is 9.47 Å². The molecule has 0 amide bonds. The van der Waals surface area contributed by atoms with Gasteiger partial charge in [-0.15, -0.1) is 0 Å². The molecule has 29 heavy (non-hydrogen) atoms. The van der Waals surface area contributed by atoms with Gasteiger partial charge in [0.1, 0.15) is 23.1 Å². The van der Waals surface area contributed by atoms with E-state index in [-0.39, 0.29) is 17.7 Å². The first-order chi connectivity index (χ1) is 13.6. The van der Waals surface area contributed by atoms with E-state index in [1.54, 1.807) is 26.0 Å². The van der Waals surface area contributed by atoms with Crippen LogP contribution in [0.3, 0.4) is 0 Å². The highest BCUT2D eigenvalue weighted by atomic mass is 35.5. The molecule has 5 rings (SSSR count). The van der Waals surface area contributed by atoms with Crippen LogP contribution >= 0.6 is 11.6 Å². The van der Waals surface area contributed by atoms with Crippen LogP contribution in [0, 0.1) is 5.82 Å². The zero-order valence-electron chi connectivity index (χ0n) is 17.0. The molecular formula is C24H24ClFO3. The second-order valence-corrected chi connectivity index (χ2v) is 9.86. The van der Waals surface area contributed by atoms with Crippen molar-refractivity contribution in [2.24, 2.45) is 0 Å². The minimum atomic E-state index is -0.989.